The van der Waals surface area contributed by atoms with E-state index in [1.165, 1.54) is 23.1 Å². The van der Waals surface area contributed by atoms with E-state index in [1.54, 1.807) is 24.3 Å². The minimum absolute atomic E-state index is 0.347. The van der Waals surface area contributed by atoms with Gasteiger partial charge in [-0.2, -0.15) is 5.26 Å². The van der Waals surface area contributed by atoms with Gasteiger partial charge in [0.15, 0.2) is 15.8 Å². The van der Waals surface area contributed by atoms with Crippen molar-refractivity contribution in [2.24, 2.45) is 0 Å². The Balaban J connectivity index is 1.70. The third-order valence-electron chi connectivity index (χ3n) is 4.24. The fourth-order valence-electron chi connectivity index (χ4n) is 2.83. The number of nitrogens with zero attached hydrogens (tertiary/aromatic N) is 3. The van der Waals surface area contributed by atoms with Crippen LogP contribution in [0.4, 0.5) is 5.13 Å². The molecule has 1 heterocycles. The summed E-state index contributed by atoms with van der Waals surface area (Å²) in [5.74, 6) is 1.72. The smallest absolute Gasteiger partial charge is 0.257 e. The molecule has 0 aliphatic rings. The summed E-state index contributed by atoms with van der Waals surface area (Å²) in [6.45, 7) is 6.89. The summed E-state index contributed by atoms with van der Waals surface area (Å²) in [6.07, 6.45) is 0. The van der Waals surface area contributed by atoms with Crippen molar-refractivity contribution in [2.45, 2.75) is 30.9 Å². The van der Waals surface area contributed by atoms with Gasteiger partial charge >= 0.3 is 0 Å². The van der Waals surface area contributed by atoms with Crippen LogP contribution in [0.15, 0.2) is 40.7 Å². The first-order chi connectivity index (χ1) is 16.1. The number of hydrogen-bond donors (Lipinski definition) is 1. The standard InChI is InChI=1S/C23H24N4O4S2/c1-4-29-18-11-17(12-19(30-5-2)20(18)31-6-3)21(28)25-22-26-27-23(33-22)32-14-16-9-7-15(13-24)8-10-16/h7-12H,4-6,14H2,1-3H3,(H,25,26,28). The number of carbonyl (C=O) groups is 1. The highest BCUT2D eigenvalue weighted by Gasteiger charge is 2.19. The third kappa shape index (κ3) is 6.60. The third-order valence-corrected chi connectivity index (χ3v) is 6.29. The van der Waals surface area contributed by atoms with Crippen LogP contribution in [-0.4, -0.2) is 35.9 Å². The Morgan fingerprint density at radius 2 is 1.67 bits per heavy atom. The highest BCUT2D eigenvalue weighted by Crippen LogP contribution is 2.39. The van der Waals surface area contributed by atoms with Gasteiger partial charge in [-0.15, -0.1) is 10.2 Å². The number of nitrogens with one attached hydrogen (secondary N) is 1. The van der Waals surface area contributed by atoms with E-state index >= 15 is 0 Å². The number of nitriles is 1. The molecular weight excluding hydrogens is 460 g/mol. The number of amides is 1. The van der Waals surface area contributed by atoms with Crippen LogP contribution in [0.5, 0.6) is 17.2 Å². The van der Waals surface area contributed by atoms with E-state index in [0.717, 1.165) is 9.90 Å². The van der Waals surface area contributed by atoms with Crippen LogP contribution in [0.25, 0.3) is 0 Å². The van der Waals surface area contributed by atoms with Crippen molar-refractivity contribution >= 4 is 34.1 Å². The van der Waals surface area contributed by atoms with E-state index in [-0.39, 0.29) is 5.91 Å². The first kappa shape index (κ1) is 24.4. The Morgan fingerprint density at radius 1 is 1.03 bits per heavy atom. The highest BCUT2D eigenvalue weighted by molar-refractivity contribution is 8.00. The van der Waals surface area contributed by atoms with Crippen molar-refractivity contribution < 1.29 is 19.0 Å². The Kier molecular flexibility index (Phi) is 8.92. The second kappa shape index (κ2) is 12.1. The molecule has 1 aromatic heterocycles. The largest absolute Gasteiger partial charge is 0.490 e. The second-order valence-electron chi connectivity index (χ2n) is 6.53. The van der Waals surface area contributed by atoms with Crippen LogP contribution in [0.2, 0.25) is 0 Å². The van der Waals surface area contributed by atoms with Gasteiger partial charge in [-0.05, 0) is 50.6 Å². The van der Waals surface area contributed by atoms with Gasteiger partial charge in [0.1, 0.15) is 0 Å². The molecule has 0 fully saturated rings. The van der Waals surface area contributed by atoms with E-state index in [9.17, 15) is 4.79 Å². The molecule has 0 saturated carbocycles. The first-order valence-corrected chi connectivity index (χ1v) is 12.2. The lowest BCUT2D eigenvalue weighted by molar-refractivity contribution is 0.102. The van der Waals surface area contributed by atoms with Crippen molar-refractivity contribution in [1.82, 2.24) is 10.2 Å². The fourth-order valence-corrected chi connectivity index (χ4v) is 4.53. The maximum absolute atomic E-state index is 12.9. The zero-order chi connectivity index (χ0) is 23.6. The monoisotopic (exact) mass is 484 g/mol. The van der Waals surface area contributed by atoms with Gasteiger partial charge < -0.3 is 14.2 Å². The molecule has 0 spiro atoms. The molecule has 1 N–H and O–H groups in total. The topological polar surface area (TPSA) is 106 Å². The molecule has 8 nitrogen and oxygen atoms in total. The van der Waals surface area contributed by atoms with Crippen LogP contribution in [0.3, 0.4) is 0 Å². The van der Waals surface area contributed by atoms with E-state index in [1.807, 2.05) is 32.9 Å². The zero-order valence-electron chi connectivity index (χ0n) is 18.6. The predicted molar refractivity (Wildman–Crippen MR) is 129 cm³/mol. The Labute approximate surface area is 200 Å². The molecule has 1 amide bonds. The normalized spacial score (nSPS) is 10.4. The maximum Gasteiger partial charge on any atom is 0.257 e. The molecule has 2 aromatic carbocycles. The average Bonchev–Trinajstić information content (AvgIpc) is 3.27. The van der Waals surface area contributed by atoms with Gasteiger partial charge in [0.25, 0.3) is 5.91 Å². The molecule has 3 rings (SSSR count). The van der Waals surface area contributed by atoms with Crippen LogP contribution in [0, 0.1) is 11.3 Å². The molecule has 0 saturated heterocycles. The van der Waals surface area contributed by atoms with E-state index in [0.29, 0.717) is 59.1 Å². The number of anilines is 1. The minimum Gasteiger partial charge on any atom is -0.490 e. The van der Waals surface area contributed by atoms with Crippen molar-refractivity contribution in [2.75, 3.05) is 25.1 Å². The summed E-state index contributed by atoms with van der Waals surface area (Å²) in [6, 6.07) is 12.8. The summed E-state index contributed by atoms with van der Waals surface area (Å²) in [4.78, 5) is 12.9. The Bertz CT molecular complexity index is 1100. The van der Waals surface area contributed by atoms with Gasteiger partial charge in [-0.3, -0.25) is 10.1 Å². The lowest BCUT2D eigenvalue weighted by Crippen LogP contribution is -2.13. The fraction of sp³-hybridized carbons (Fsp3) is 0.304. The number of thioether (sulfide) groups is 1. The first-order valence-electron chi connectivity index (χ1n) is 10.4. The van der Waals surface area contributed by atoms with E-state index in [4.69, 9.17) is 19.5 Å². The minimum atomic E-state index is -0.347. The lowest BCUT2D eigenvalue weighted by atomic mass is 10.1. The number of ether oxygens (including phenoxy) is 3. The number of rotatable bonds is 11. The van der Waals surface area contributed by atoms with Crippen LogP contribution in [0.1, 0.15) is 42.3 Å². The lowest BCUT2D eigenvalue weighted by Gasteiger charge is -2.16. The quantitative estimate of drug-likeness (QED) is 0.294. The summed E-state index contributed by atoms with van der Waals surface area (Å²) >= 11 is 2.80. The van der Waals surface area contributed by atoms with Crippen molar-refractivity contribution in [3.8, 4) is 23.3 Å². The summed E-state index contributed by atoms with van der Waals surface area (Å²) in [5.41, 5.74) is 2.06. The molecule has 0 atom stereocenters. The highest BCUT2D eigenvalue weighted by atomic mass is 32.2. The van der Waals surface area contributed by atoms with Crippen molar-refractivity contribution in [1.29, 1.82) is 5.26 Å². The van der Waals surface area contributed by atoms with Gasteiger partial charge in [0.05, 0.1) is 31.5 Å². The molecule has 0 aliphatic carbocycles. The molecule has 0 bridgehead atoms. The molecule has 0 unspecified atom stereocenters. The number of benzene rings is 2. The summed E-state index contributed by atoms with van der Waals surface area (Å²) in [5, 5.41) is 20.3. The molecule has 172 valence electrons. The van der Waals surface area contributed by atoms with Crippen LogP contribution in [-0.2, 0) is 5.75 Å². The van der Waals surface area contributed by atoms with Crippen molar-refractivity contribution in [3.05, 3.63) is 53.1 Å². The zero-order valence-corrected chi connectivity index (χ0v) is 20.2. The van der Waals surface area contributed by atoms with Gasteiger partial charge in [0.2, 0.25) is 10.9 Å². The van der Waals surface area contributed by atoms with Gasteiger partial charge in [-0.1, -0.05) is 35.2 Å². The number of carbonyl (C=O) groups excluding carboxylic acids is 1. The predicted octanol–water partition coefficient (Wildman–Crippen LogP) is 5.15. The Morgan fingerprint density at radius 3 is 2.24 bits per heavy atom. The molecular formula is C23H24N4O4S2. The van der Waals surface area contributed by atoms with Gasteiger partial charge in [0, 0.05) is 11.3 Å². The molecule has 3 aromatic rings. The van der Waals surface area contributed by atoms with E-state index in [2.05, 4.69) is 21.6 Å². The van der Waals surface area contributed by atoms with Gasteiger partial charge in [-0.25, -0.2) is 0 Å². The van der Waals surface area contributed by atoms with Crippen LogP contribution >= 0.6 is 23.1 Å². The van der Waals surface area contributed by atoms with Crippen molar-refractivity contribution in [3.63, 3.8) is 0 Å². The molecule has 0 radical (unpaired) electrons. The Hall–Kier alpha value is -3.29. The van der Waals surface area contributed by atoms with Crippen LogP contribution < -0.4 is 19.5 Å². The molecule has 10 heteroatoms. The summed E-state index contributed by atoms with van der Waals surface area (Å²) in [7, 11) is 0. The van der Waals surface area contributed by atoms with E-state index < -0.39 is 0 Å². The average molecular weight is 485 g/mol. The number of hydrogen-bond acceptors (Lipinski definition) is 9. The number of aromatic nitrogens is 2. The molecule has 33 heavy (non-hydrogen) atoms. The molecule has 0 aliphatic heterocycles. The summed E-state index contributed by atoms with van der Waals surface area (Å²) < 4.78 is 17.8. The second-order valence-corrected chi connectivity index (χ2v) is 8.73. The maximum atomic E-state index is 12.9. The SMILES string of the molecule is CCOc1cc(C(=O)Nc2nnc(SCc3ccc(C#N)cc3)s2)cc(OCC)c1OCC.